The van der Waals surface area contributed by atoms with E-state index in [2.05, 4.69) is 11.8 Å². The maximum atomic E-state index is 8.81. The lowest BCUT2D eigenvalue weighted by molar-refractivity contribution is 0.414. The van der Waals surface area contributed by atoms with E-state index in [0.29, 0.717) is 16.9 Å². The quantitative estimate of drug-likeness (QED) is 0.644. The van der Waals surface area contributed by atoms with Gasteiger partial charge >= 0.3 is 0 Å². The van der Waals surface area contributed by atoms with E-state index in [0.717, 1.165) is 0 Å². The number of benzene rings is 1. The average molecular weight is 196 g/mol. The average Bonchev–Trinajstić information content (AvgIpc) is 2.29. The zero-order valence-corrected chi connectivity index (χ0v) is 8.24. The van der Waals surface area contributed by atoms with Gasteiger partial charge in [-0.3, -0.25) is 0 Å². The van der Waals surface area contributed by atoms with Crippen molar-refractivity contribution in [2.24, 2.45) is 0 Å². The predicted octanol–water partition coefficient (Wildman–Crippen LogP) is 1.83. The summed E-state index contributed by atoms with van der Waals surface area (Å²) in [7, 11) is 1.55. The van der Waals surface area contributed by atoms with Crippen LogP contribution in [-0.4, -0.2) is 7.11 Å². The summed E-state index contributed by atoms with van der Waals surface area (Å²) in [6.07, 6.45) is 0.155. The minimum atomic E-state index is 0.155. The van der Waals surface area contributed by atoms with Gasteiger partial charge in [0, 0.05) is 5.56 Å². The van der Waals surface area contributed by atoms with Gasteiger partial charge in [-0.1, -0.05) is 11.8 Å². The molecule has 0 N–H and O–H groups in total. The maximum absolute atomic E-state index is 8.81. The van der Waals surface area contributed by atoms with Gasteiger partial charge in [-0.05, 0) is 18.2 Å². The Hall–Kier alpha value is -2.44. The van der Waals surface area contributed by atoms with Gasteiger partial charge in [-0.25, -0.2) is 0 Å². The molecule has 0 amide bonds. The Morgan fingerprint density at radius 3 is 2.67 bits per heavy atom. The Balaban J connectivity index is 3.11. The Morgan fingerprint density at radius 2 is 2.07 bits per heavy atom. The van der Waals surface area contributed by atoms with Crippen molar-refractivity contribution in [2.45, 2.75) is 6.42 Å². The highest BCUT2D eigenvalue weighted by Crippen LogP contribution is 2.16. The standard InChI is InChI=1S/C12H8N2O/c1-15-12-6-5-11(9-14)10(8-12)4-2-3-7-13/h5-6,8H,3H2,1H3. The Morgan fingerprint density at radius 1 is 1.27 bits per heavy atom. The van der Waals surface area contributed by atoms with Gasteiger partial charge in [0.1, 0.15) is 11.8 Å². The van der Waals surface area contributed by atoms with Gasteiger partial charge in [0.2, 0.25) is 0 Å². The van der Waals surface area contributed by atoms with Gasteiger partial charge in [-0.15, -0.1) is 0 Å². The molecule has 15 heavy (non-hydrogen) atoms. The van der Waals surface area contributed by atoms with E-state index in [1.54, 1.807) is 25.3 Å². The molecule has 3 nitrogen and oxygen atoms in total. The molecule has 3 heteroatoms. The van der Waals surface area contributed by atoms with Crippen LogP contribution in [0.15, 0.2) is 18.2 Å². The van der Waals surface area contributed by atoms with Crippen LogP contribution < -0.4 is 4.74 Å². The molecule has 0 spiro atoms. The van der Waals surface area contributed by atoms with E-state index in [9.17, 15) is 0 Å². The minimum absolute atomic E-state index is 0.155. The molecule has 72 valence electrons. The molecule has 1 aromatic carbocycles. The van der Waals surface area contributed by atoms with Gasteiger partial charge in [0.25, 0.3) is 0 Å². The predicted molar refractivity (Wildman–Crippen MR) is 54.8 cm³/mol. The van der Waals surface area contributed by atoms with Crippen molar-refractivity contribution in [1.82, 2.24) is 0 Å². The van der Waals surface area contributed by atoms with E-state index in [4.69, 9.17) is 15.3 Å². The third kappa shape index (κ3) is 2.76. The van der Waals surface area contributed by atoms with Crippen LogP contribution in [0.25, 0.3) is 0 Å². The summed E-state index contributed by atoms with van der Waals surface area (Å²) in [4.78, 5) is 0. The van der Waals surface area contributed by atoms with Crippen molar-refractivity contribution in [3.8, 4) is 29.7 Å². The lowest BCUT2D eigenvalue weighted by Gasteiger charge is -2.00. The molecule has 0 bridgehead atoms. The Labute approximate surface area is 88.5 Å². The van der Waals surface area contributed by atoms with Crippen LogP contribution in [0.3, 0.4) is 0 Å². The number of nitrogens with zero attached hydrogens (tertiary/aromatic N) is 2. The van der Waals surface area contributed by atoms with Crippen LogP contribution in [0.4, 0.5) is 0 Å². The van der Waals surface area contributed by atoms with E-state index in [1.165, 1.54) is 0 Å². The lowest BCUT2D eigenvalue weighted by atomic mass is 10.1. The maximum Gasteiger partial charge on any atom is 0.120 e. The second-order valence-corrected chi connectivity index (χ2v) is 2.66. The molecule has 1 rings (SSSR count). The van der Waals surface area contributed by atoms with E-state index in [-0.39, 0.29) is 6.42 Å². The molecule has 0 aliphatic rings. The summed E-state index contributed by atoms with van der Waals surface area (Å²) in [5.74, 6) is 6.07. The topological polar surface area (TPSA) is 56.8 Å². The number of methoxy groups -OCH3 is 1. The lowest BCUT2D eigenvalue weighted by Crippen LogP contribution is -1.87. The van der Waals surface area contributed by atoms with Crippen molar-refractivity contribution in [2.75, 3.05) is 7.11 Å². The smallest absolute Gasteiger partial charge is 0.120 e. The summed E-state index contributed by atoms with van der Waals surface area (Å²) >= 11 is 0. The second-order valence-electron chi connectivity index (χ2n) is 2.66. The highest BCUT2D eigenvalue weighted by atomic mass is 16.5. The van der Waals surface area contributed by atoms with E-state index < -0.39 is 0 Å². The monoisotopic (exact) mass is 196 g/mol. The molecule has 0 heterocycles. The molecule has 0 unspecified atom stereocenters. The van der Waals surface area contributed by atoms with Crippen molar-refractivity contribution >= 4 is 0 Å². The van der Waals surface area contributed by atoms with Crippen LogP contribution >= 0.6 is 0 Å². The fourth-order valence-electron chi connectivity index (χ4n) is 1.03. The summed E-state index contributed by atoms with van der Waals surface area (Å²) in [6, 6.07) is 8.98. The van der Waals surface area contributed by atoms with Gasteiger partial charge in [0.05, 0.1) is 25.2 Å². The first-order chi connectivity index (χ1) is 7.31. The molecular formula is C12H8N2O. The first-order valence-corrected chi connectivity index (χ1v) is 4.25. The zero-order chi connectivity index (χ0) is 11.1. The van der Waals surface area contributed by atoms with Crippen molar-refractivity contribution in [3.05, 3.63) is 29.3 Å². The molecule has 0 aromatic heterocycles. The number of rotatable bonds is 1. The molecule has 0 fully saturated rings. The first-order valence-electron chi connectivity index (χ1n) is 4.25. The highest BCUT2D eigenvalue weighted by Gasteiger charge is 2.00. The van der Waals surface area contributed by atoms with Crippen LogP contribution in [0.1, 0.15) is 17.5 Å². The highest BCUT2D eigenvalue weighted by molar-refractivity contribution is 5.51. The van der Waals surface area contributed by atoms with E-state index >= 15 is 0 Å². The van der Waals surface area contributed by atoms with Crippen molar-refractivity contribution < 1.29 is 4.74 Å². The van der Waals surface area contributed by atoms with Crippen LogP contribution in [0.2, 0.25) is 0 Å². The van der Waals surface area contributed by atoms with Gasteiger partial charge < -0.3 is 4.74 Å². The van der Waals surface area contributed by atoms with Crippen molar-refractivity contribution in [3.63, 3.8) is 0 Å². The van der Waals surface area contributed by atoms with Gasteiger partial charge in [0.15, 0.2) is 0 Å². The summed E-state index contributed by atoms with van der Waals surface area (Å²) in [5, 5.41) is 17.1. The molecule has 0 atom stereocenters. The fourth-order valence-corrected chi connectivity index (χ4v) is 1.03. The molecular weight excluding hydrogens is 188 g/mol. The minimum Gasteiger partial charge on any atom is -0.497 e. The zero-order valence-electron chi connectivity index (χ0n) is 8.24. The number of hydrogen-bond acceptors (Lipinski definition) is 3. The summed E-state index contributed by atoms with van der Waals surface area (Å²) in [5.41, 5.74) is 1.08. The normalized spacial score (nSPS) is 7.93. The number of nitriles is 2. The Kier molecular flexibility index (Phi) is 3.78. The molecule has 0 radical (unpaired) electrons. The fraction of sp³-hybridized carbons (Fsp3) is 0.167. The van der Waals surface area contributed by atoms with Crippen LogP contribution in [0, 0.1) is 34.5 Å². The van der Waals surface area contributed by atoms with E-state index in [1.807, 2.05) is 12.1 Å². The van der Waals surface area contributed by atoms with Crippen LogP contribution in [0.5, 0.6) is 5.75 Å². The molecule has 0 aliphatic carbocycles. The van der Waals surface area contributed by atoms with Gasteiger partial charge in [-0.2, -0.15) is 10.5 Å². The number of ether oxygens (including phenoxy) is 1. The SMILES string of the molecule is COc1ccc(C#N)c(C#CCC#N)c1. The number of hydrogen-bond donors (Lipinski definition) is 0. The first kappa shape index (κ1) is 10.6. The largest absolute Gasteiger partial charge is 0.497 e. The van der Waals surface area contributed by atoms with Crippen LogP contribution in [-0.2, 0) is 0 Å². The third-order valence-electron chi connectivity index (χ3n) is 1.74. The molecule has 0 saturated heterocycles. The third-order valence-corrected chi connectivity index (χ3v) is 1.74. The Bertz CT molecular complexity index is 495. The second kappa shape index (κ2) is 5.32. The summed E-state index contributed by atoms with van der Waals surface area (Å²) in [6.45, 7) is 0. The molecule has 0 aliphatic heterocycles. The molecule has 0 saturated carbocycles. The molecule has 1 aromatic rings. The summed E-state index contributed by atoms with van der Waals surface area (Å²) < 4.78 is 5.02. The van der Waals surface area contributed by atoms with Crippen molar-refractivity contribution in [1.29, 1.82) is 10.5 Å².